The molecule has 1 N–H and O–H groups in total. The standard InChI is InChI=1S/C11H17NO3/c1-4-15-12-8-9-6-5-7-10(13-2)11(9)14-3/h5-7,12H,4,8H2,1-3H3. The van der Waals surface area contributed by atoms with Crippen LogP contribution in [0.25, 0.3) is 0 Å². The maximum absolute atomic E-state index is 5.28. The fourth-order valence-electron chi connectivity index (χ4n) is 1.32. The third-order valence-electron chi connectivity index (χ3n) is 1.99. The SMILES string of the molecule is CCONCc1cccc(OC)c1OC. The van der Waals surface area contributed by atoms with Crippen LogP contribution in [0.2, 0.25) is 0 Å². The Labute approximate surface area is 90.1 Å². The van der Waals surface area contributed by atoms with Crippen molar-refractivity contribution in [1.29, 1.82) is 0 Å². The highest BCUT2D eigenvalue weighted by Crippen LogP contribution is 2.30. The average Bonchev–Trinajstić information content (AvgIpc) is 2.29. The van der Waals surface area contributed by atoms with Crippen molar-refractivity contribution in [2.45, 2.75) is 13.5 Å². The second-order valence-corrected chi connectivity index (χ2v) is 2.91. The lowest BCUT2D eigenvalue weighted by Crippen LogP contribution is -2.14. The van der Waals surface area contributed by atoms with Crippen LogP contribution >= 0.6 is 0 Å². The summed E-state index contributed by atoms with van der Waals surface area (Å²) in [5, 5.41) is 0. The van der Waals surface area contributed by atoms with Crippen molar-refractivity contribution < 1.29 is 14.3 Å². The quantitative estimate of drug-likeness (QED) is 0.574. The second-order valence-electron chi connectivity index (χ2n) is 2.91. The lowest BCUT2D eigenvalue weighted by atomic mass is 10.2. The molecule has 0 aliphatic heterocycles. The molecule has 0 radical (unpaired) electrons. The van der Waals surface area contributed by atoms with Crippen molar-refractivity contribution in [2.24, 2.45) is 0 Å². The number of rotatable bonds is 6. The number of para-hydroxylation sites is 1. The molecule has 4 nitrogen and oxygen atoms in total. The minimum Gasteiger partial charge on any atom is -0.493 e. The molecule has 1 rings (SSSR count). The molecule has 0 atom stereocenters. The fraction of sp³-hybridized carbons (Fsp3) is 0.455. The van der Waals surface area contributed by atoms with Crippen LogP contribution in [0, 0.1) is 0 Å². The Morgan fingerprint density at radius 2 is 2.00 bits per heavy atom. The van der Waals surface area contributed by atoms with E-state index in [1.54, 1.807) is 14.2 Å². The maximum atomic E-state index is 5.28. The molecular weight excluding hydrogens is 194 g/mol. The molecule has 0 heterocycles. The molecule has 0 fully saturated rings. The van der Waals surface area contributed by atoms with Crippen LogP contribution in [0.15, 0.2) is 18.2 Å². The molecule has 0 unspecified atom stereocenters. The highest BCUT2D eigenvalue weighted by Gasteiger charge is 2.08. The molecule has 0 aliphatic rings. The van der Waals surface area contributed by atoms with Gasteiger partial charge in [0.1, 0.15) is 0 Å². The van der Waals surface area contributed by atoms with Gasteiger partial charge in [-0.2, -0.15) is 5.48 Å². The first-order valence-corrected chi connectivity index (χ1v) is 4.88. The van der Waals surface area contributed by atoms with E-state index in [4.69, 9.17) is 14.3 Å². The fourth-order valence-corrected chi connectivity index (χ4v) is 1.32. The van der Waals surface area contributed by atoms with Gasteiger partial charge in [0.25, 0.3) is 0 Å². The van der Waals surface area contributed by atoms with E-state index in [2.05, 4.69) is 5.48 Å². The predicted molar refractivity (Wildman–Crippen MR) is 58.0 cm³/mol. The molecule has 0 spiro atoms. The molecule has 0 saturated carbocycles. The summed E-state index contributed by atoms with van der Waals surface area (Å²) >= 11 is 0. The minimum atomic E-state index is 0.591. The normalized spacial score (nSPS) is 10.1. The summed E-state index contributed by atoms with van der Waals surface area (Å²) < 4.78 is 10.5. The Morgan fingerprint density at radius 1 is 1.20 bits per heavy atom. The summed E-state index contributed by atoms with van der Waals surface area (Å²) in [6.45, 7) is 3.15. The van der Waals surface area contributed by atoms with Crippen molar-refractivity contribution in [3.63, 3.8) is 0 Å². The smallest absolute Gasteiger partial charge is 0.165 e. The minimum absolute atomic E-state index is 0.591. The third-order valence-corrected chi connectivity index (χ3v) is 1.99. The number of nitrogens with one attached hydrogen (secondary N) is 1. The number of hydroxylamine groups is 1. The predicted octanol–water partition coefficient (Wildman–Crippen LogP) is 1.74. The first-order chi connectivity index (χ1) is 7.33. The van der Waals surface area contributed by atoms with Gasteiger partial charge in [-0.1, -0.05) is 12.1 Å². The van der Waals surface area contributed by atoms with Gasteiger partial charge in [-0.25, -0.2) is 0 Å². The van der Waals surface area contributed by atoms with Gasteiger partial charge in [-0.3, -0.25) is 0 Å². The van der Waals surface area contributed by atoms with E-state index in [0.717, 1.165) is 17.1 Å². The van der Waals surface area contributed by atoms with Gasteiger partial charge in [0.15, 0.2) is 11.5 Å². The first kappa shape index (κ1) is 11.8. The molecule has 0 aromatic heterocycles. The zero-order valence-corrected chi connectivity index (χ0v) is 9.37. The van der Waals surface area contributed by atoms with E-state index < -0.39 is 0 Å². The lowest BCUT2D eigenvalue weighted by Gasteiger charge is -2.12. The van der Waals surface area contributed by atoms with Crippen LogP contribution in [0.3, 0.4) is 0 Å². The highest BCUT2D eigenvalue weighted by molar-refractivity contribution is 5.46. The largest absolute Gasteiger partial charge is 0.493 e. The molecule has 0 aliphatic carbocycles. The summed E-state index contributed by atoms with van der Waals surface area (Å²) in [4.78, 5) is 5.06. The van der Waals surface area contributed by atoms with Crippen molar-refractivity contribution in [1.82, 2.24) is 5.48 Å². The number of hydrogen-bond acceptors (Lipinski definition) is 4. The third kappa shape index (κ3) is 3.11. The zero-order valence-electron chi connectivity index (χ0n) is 9.37. The van der Waals surface area contributed by atoms with Crippen LogP contribution in [0.5, 0.6) is 11.5 Å². The van der Waals surface area contributed by atoms with Gasteiger partial charge in [-0.15, -0.1) is 0 Å². The summed E-state index contributed by atoms with van der Waals surface area (Å²) in [5.74, 6) is 1.47. The van der Waals surface area contributed by atoms with Gasteiger partial charge >= 0.3 is 0 Å². The second kappa shape index (κ2) is 6.27. The summed E-state index contributed by atoms with van der Waals surface area (Å²) in [7, 11) is 3.25. The van der Waals surface area contributed by atoms with Gasteiger partial charge in [0, 0.05) is 12.1 Å². The molecule has 15 heavy (non-hydrogen) atoms. The number of methoxy groups -OCH3 is 2. The Balaban J connectivity index is 2.76. The van der Waals surface area contributed by atoms with Crippen LogP contribution in [-0.4, -0.2) is 20.8 Å². The number of benzene rings is 1. The Hall–Kier alpha value is -1.26. The molecule has 0 saturated heterocycles. The van der Waals surface area contributed by atoms with Crippen LogP contribution in [-0.2, 0) is 11.4 Å². The zero-order chi connectivity index (χ0) is 11.1. The molecule has 0 bridgehead atoms. The number of ether oxygens (including phenoxy) is 2. The van der Waals surface area contributed by atoms with E-state index >= 15 is 0 Å². The van der Waals surface area contributed by atoms with Crippen molar-refractivity contribution in [2.75, 3.05) is 20.8 Å². The number of hydrogen-bond donors (Lipinski definition) is 1. The molecule has 1 aromatic carbocycles. The Bertz CT molecular complexity index is 302. The molecule has 0 amide bonds. The van der Waals surface area contributed by atoms with E-state index in [0.29, 0.717) is 13.2 Å². The molecule has 1 aromatic rings. The molecule has 4 heteroatoms. The average molecular weight is 211 g/mol. The van der Waals surface area contributed by atoms with Crippen molar-refractivity contribution in [3.05, 3.63) is 23.8 Å². The van der Waals surface area contributed by atoms with E-state index in [-0.39, 0.29) is 0 Å². The Morgan fingerprint density at radius 3 is 2.60 bits per heavy atom. The van der Waals surface area contributed by atoms with Gasteiger partial charge in [-0.05, 0) is 13.0 Å². The topological polar surface area (TPSA) is 39.7 Å². The maximum Gasteiger partial charge on any atom is 0.165 e. The van der Waals surface area contributed by atoms with Gasteiger partial charge in [0.2, 0.25) is 0 Å². The van der Waals surface area contributed by atoms with Crippen LogP contribution in [0.4, 0.5) is 0 Å². The van der Waals surface area contributed by atoms with E-state index in [1.807, 2.05) is 25.1 Å². The van der Waals surface area contributed by atoms with Crippen LogP contribution in [0.1, 0.15) is 12.5 Å². The Kier molecular flexibility index (Phi) is 4.93. The van der Waals surface area contributed by atoms with Gasteiger partial charge in [0.05, 0.1) is 20.8 Å². The summed E-state index contributed by atoms with van der Waals surface area (Å²) in [5.41, 5.74) is 3.85. The lowest BCUT2D eigenvalue weighted by molar-refractivity contribution is 0.0458. The van der Waals surface area contributed by atoms with E-state index in [9.17, 15) is 0 Å². The monoisotopic (exact) mass is 211 g/mol. The van der Waals surface area contributed by atoms with Crippen molar-refractivity contribution in [3.8, 4) is 11.5 Å². The van der Waals surface area contributed by atoms with Crippen LogP contribution < -0.4 is 15.0 Å². The first-order valence-electron chi connectivity index (χ1n) is 4.88. The summed E-state index contributed by atoms with van der Waals surface area (Å²) in [6, 6.07) is 5.75. The van der Waals surface area contributed by atoms with E-state index in [1.165, 1.54) is 0 Å². The van der Waals surface area contributed by atoms with Crippen molar-refractivity contribution >= 4 is 0 Å². The summed E-state index contributed by atoms with van der Waals surface area (Å²) in [6.07, 6.45) is 0. The molecule has 84 valence electrons. The van der Waals surface area contributed by atoms with Gasteiger partial charge < -0.3 is 14.3 Å². The molecular formula is C11H17NO3. The highest BCUT2D eigenvalue weighted by atomic mass is 16.6.